The van der Waals surface area contributed by atoms with Gasteiger partial charge in [-0.05, 0) is 31.2 Å². The first-order chi connectivity index (χ1) is 9.50. The van der Waals surface area contributed by atoms with Gasteiger partial charge in [-0.25, -0.2) is 9.18 Å². The van der Waals surface area contributed by atoms with E-state index in [0.29, 0.717) is 0 Å². The van der Waals surface area contributed by atoms with Crippen LogP contribution in [0.4, 0.5) is 10.1 Å². The van der Waals surface area contributed by atoms with E-state index in [2.05, 4.69) is 10.3 Å². The number of carbonyl (C=O) groups excluding carboxylic acids is 1. The van der Waals surface area contributed by atoms with E-state index < -0.39 is 17.7 Å². The summed E-state index contributed by atoms with van der Waals surface area (Å²) in [5, 5.41) is 11.3. The number of benzene rings is 1. The highest BCUT2D eigenvalue weighted by molar-refractivity contribution is 6.04. The molecule has 0 aliphatic heterocycles. The molecule has 102 valence electrons. The van der Waals surface area contributed by atoms with Crippen LogP contribution < -0.4 is 5.32 Å². The maximum absolute atomic E-state index is 14.0. The molecule has 0 bridgehead atoms. The van der Waals surface area contributed by atoms with E-state index in [1.54, 1.807) is 12.1 Å². The molecular formula is C14H11FN2O3. The Morgan fingerprint density at radius 1 is 1.30 bits per heavy atom. The number of nitrogens with one attached hydrogen (secondary N) is 1. The molecule has 0 radical (unpaired) electrons. The molecule has 0 fully saturated rings. The van der Waals surface area contributed by atoms with Gasteiger partial charge < -0.3 is 10.4 Å². The summed E-state index contributed by atoms with van der Waals surface area (Å²) in [6.07, 6.45) is 2.87. The zero-order chi connectivity index (χ0) is 14.7. The first kappa shape index (κ1) is 13.7. The standard InChI is InChI=1S/C14H11FN2O3/c1-8-10(14(19)20)4-5-11(12(8)15)17-13(18)9-3-2-6-16-7-9/h2-7H,1H3,(H,17,18)(H,19,20). The zero-order valence-corrected chi connectivity index (χ0v) is 10.6. The molecule has 0 saturated heterocycles. The second-order valence-electron chi connectivity index (χ2n) is 4.10. The molecule has 0 atom stereocenters. The summed E-state index contributed by atoms with van der Waals surface area (Å²) >= 11 is 0. The number of carbonyl (C=O) groups is 2. The maximum Gasteiger partial charge on any atom is 0.336 e. The molecule has 0 spiro atoms. The average Bonchev–Trinajstić information content (AvgIpc) is 2.44. The van der Waals surface area contributed by atoms with Gasteiger partial charge in [0.25, 0.3) is 5.91 Å². The fourth-order valence-electron chi connectivity index (χ4n) is 1.70. The van der Waals surface area contributed by atoms with E-state index in [-0.39, 0.29) is 22.4 Å². The summed E-state index contributed by atoms with van der Waals surface area (Å²) in [4.78, 5) is 26.5. The van der Waals surface area contributed by atoms with E-state index in [9.17, 15) is 14.0 Å². The van der Waals surface area contributed by atoms with Crippen LogP contribution in [0.5, 0.6) is 0 Å². The van der Waals surface area contributed by atoms with Gasteiger partial charge in [-0.15, -0.1) is 0 Å². The van der Waals surface area contributed by atoms with Crippen molar-refractivity contribution in [3.05, 3.63) is 59.2 Å². The van der Waals surface area contributed by atoms with E-state index in [4.69, 9.17) is 5.11 Å². The van der Waals surface area contributed by atoms with E-state index in [1.807, 2.05) is 0 Å². The van der Waals surface area contributed by atoms with E-state index in [1.165, 1.54) is 31.5 Å². The monoisotopic (exact) mass is 274 g/mol. The second-order valence-corrected chi connectivity index (χ2v) is 4.10. The van der Waals surface area contributed by atoms with Gasteiger partial charge in [0.2, 0.25) is 0 Å². The largest absolute Gasteiger partial charge is 0.478 e. The lowest BCUT2D eigenvalue weighted by Gasteiger charge is -2.09. The van der Waals surface area contributed by atoms with Crippen LogP contribution in [0.2, 0.25) is 0 Å². The summed E-state index contributed by atoms with van der Waals surface area (Å²) in [5.41, 5.74) is 0.0524. The Bertz CT molecular complexity index is 672. The SMILES string of the molecule is Cc1c(C(=O)O)ccc(NC(=O)c2cccnc2)c1F. The van der Waals surface area contributed by atoms with Gasteiger partial charge in [-0.1, -0.05) is 0 Å². The fraction of sp³-hybridized carbons (Fsp3) is 0.0714. The number of pyridine rings is 1. The second kappa shape index (κ2) is 5.48. The molecule has 6 heteroatoms. The van der Waals surface area contributed by atoms with Crippen LogP contribution in [0.25, 0.3) is 0 Å². The van der Waals surface area contributed by atoms with Crippen molar-refractivity contribution >= 4 is 17.6 Å². The summed E-state index contributed by atoms with van der Waals surface area (Å²) in [6, 6.07) is 5.60. The van der Waals surface area contributed by atoms with Gasteiger partial charge in [-0.2, -0.15) is 0 Å². The Kier molecular flexibility index (Phi) is 3.74. The van der Waals surface area contributed by atoms with Gasteiger partial charge in [0.1, 0.15) is 5.82 Å². The lowest BCUT2D eigenvalue weighted by molar-refractivity contribution is 0.0695. The number of carboxylic acids is 1. The van der Waals surface area contributed by atoms with Gasteiger partial charge in [0.05, 0.1) is 16.8 Å². The number of rotatable bonds is 3. The molecule has 0 unspecified atom stereocenters. The van der Waals surface area contributed by atoms with Crippen LogP contribution in [0.15, 0.2) is 36.7 Å². The molecule has 0 saturated carbocycles. The summed E-state index contributed by atoms with van der Waals surface area (Å²) < 4.78 is 14.0. The zero-order valence-electron chi connectivity index (χ0n) is 10.6. The minimum absolute atomic E-state index is 0.0264. The molecule has 1 amide bonds. The number of hydrogen-bond donors (Lipinski definition) is 2. The Morgan fingerprint density at radius 3 is 2.65 bits per heavy atom. The third kappa shape index (κ3) is 2.64. The molecule has 5 nitrogen and oxygen atoms in total. The van der Waals surface area contributed by atoms with Crippen LogP contribution >= 0.6 is 0 Å². The number of nitrogens with zero attached hydrogens (tertiary/aromatic N) is 1. The Labute approximate surface area is 114 Å². The quantitative estimate of drug-likeness (QED) is 0.901. The first-order valence-electron chi connectivity index (χ1n) is 5.74. The molecule has 0 aliphatic rings. The molecular weight excluding hydrogens is 263 g/mol. The van der Waals surface area contributed by atoms with Crippen LogP contribution in [0, 0.1) is 12.7 Å². The van der Waals surface area contributed by atoms with Crippen molar-refractivity contribution in [2.45, 2.75) is 6.92 Å². The lowest BCUT2D eigenvalue weighted by atomic mass is 10.1. The predicted molar refractivity (Wildman–Crippen MR) is 70.3 cm³/mol. The highest BCUT2D eigenvalue weighted by Gasteiger charge is 2.16. The molecule has 1 heterocycles. The highest BCUT2D eigenvalue weighted by atomic mass is 19.1. The minimum atomic E-state index is -1.22. The fourth-order valence-corrected chi connectivity index (χ4v) is 1.70. The summed E-state index contributed by atoms with van der Waals surface area (Å²) in [5.74, 6) is -2.49. The molecule has 2 N–H and O–H groups in total. The molecule has 1 aromatic heterocycles. The minimum Gasteiger partial charge on any atom is -0.478 e. The molecule has 1 aromatic carbocycles. The number of amides is 1. The Morgan fingerprint density at radius 2 is 2.05 bits per heavy atom. The number of anilines is 1. The van der Waals surface area contributed by atoms with E-state index >= 15 is 0 Å². The first-order valence-corrected chi connectivity index (χ1v) is 5.74. The molecule has 20 heavy (non-hydrogen) atoms. The highest BCUT2D eigenvalue weighted by Crippen LogP contribution is 2.22. The summed E-state index contributed by atoms with van der Waals surface area (Å²) in [6.45, 7) is 1.35. The Hall–Kier alpha value is -2.76. The third-order valence-electron chi connectivity index (χ3n) is 2.79. The average molecular weight is 274 g/mol. The number of halogens is 1. The predicted octanol–water partition coefficient (Wildman–Crippen LogP) is 2.48. The topological polar surface area (TPSA) is 79.3 Å². The maximum atomic E-state index is 14.0. The van der Waals surface area contributed by atoms with Crippen LogP contribution in [0.1, 0.15) is 26.3 Å². The molecule has 0 aliphatic carbocycles. The molecule has 2 rings (SSSR count). The van der Waals surface area contributed by atoms with Crippen molar-refractivity contribution < 1.29 is 19.1 Å². The summed E-state index contributed by atoms with van der Waals surface area (Å²) in [7, 11) is 0. The lowest BCUT2D eigenvalue weighted by Crippen LogP contribution is -2.14. The van der Waals surface area contributed by atoms with Crippen molar-refractivity contribution in [3.8, 4) is 0 Å². The number of aromatic carboxylic acids is 1. The van der Waals surface area contributed by atoms with Crippen LogP contribution in [-0.4, -0.2) is 22.0 Å². The molecule has 2 aromatic rings. The smallest absolute Gasteiger partial charge is 0.336 e. The van der Waals surface area contributed by atoms with E-state index in [0.717, 1.165) is 0 Å². The van der Waals surface area contributed by atoms with Crippen molar-refractivity contribution in [1.29, 1.82) is 0 Å². The number of hydrogen-bond acceptors (Lipinski definition) is 3. The van der Waals surface area contributed by atoms with Crippen molar-refractivity contribution in [3.63, 3.8) is 0 Å². The van der Waals surface area contributed by atoms with Gasteiger partial charge in [-0.3, -0.25) is 9.78 Å². The number of carboxylic acid groups (broad SMARTS) is 1. The van der Waals surface area contributed by atoms with Crippen LogP contribution in [0.3, 0.4) is 0 Å². The van der Waals surface area contributed by atoms with Gasteiger partial charge >= 0.3 is 5.97 Å². The van der Waals surface area contributed by atoms with Crippen molar-refractivity contribution in [2.24, 2.45) is 0 Å². The van der Waals surface area contributed by atoms with Crippen molar-refractivity contribution in [2.75, 3.05) is 5.32 Å². The van der Waals surface area contributed by atoms with Gasteiger partial charge in [0, 0.05) is 18.0 Å². The normalized spacial score (nSPS) is 10.1. The number of aromatic nitrogens is 1. The van der Waals surface area contributed by atoms with Gasteiger partial charge in [0.15, 0.2) is 0 Å². The Balaban J connectivity index is 2.29. The third-order valence-corrected chi connectivity index (χ3v) is 2.79. The van der Waals surface area contributed by atoms with Crippen LogP contribution in [-0.2, 0) is 0 Å². The van der Waals surface area contributed by atoms with Crippen molar-refractivity contribution in [1.82, 2.24) is 4.98 Å².